The van der Waals surface area contributed by atoms with Crippen LogP contribution in [0.4, 0.5) is 35.4 Å². The van der Waals surface area contributed by atoms with E-state index in [1.165, 1.54) is 12.1 Å². The molecule has 2 amide bonds. The molecule has 2 aromatic rings. The highest BCUT2D eigenvalue weighted by molar-refractivity contribution is 5.89. The van der Waals surface area contributed by atoms with Crippen LogP contribution in [0.5, 0.6) is 0 Å². The molecule has 3 N–H and O–H groups in total. The van der Waals surface area contributed by atoms with Crippen LogP contribution in [-0.4, -0.2) is 85.2 Å². The van der Waals surface area contributed by atoms with Crippen molar-refractivity contribution in [3.63, 3.8) is 0 Å². The Hall–Kier alpha value is -3.12. The van der Waals surface area contributed by atoms with Gasteiger partial charge < -0.3 is 25.8 Å². The van der Waals surface area contributed by atoms with Crippen molar-refractivity contribution in [2.24, 2.45) is 0 Å². The molecule has 0 radical (unpaired) electrons. The van der Waals surface area contributed by atoms with Crippen molar-refractivity contribution >= 4 is 23.5 Å². The Labute approximate surface area is 202 Å². The number of piperazine rings is 1. The van der Waals surface area contributed by atoms with Crippen LogP contribution < -0.4 is 20.9 Å². The first-order valence-corrected chi connectivity index (χ1v) is 11.7. The van der Waals surface area contributed by atoms with Crippen LogP contribution in [0.1, 0.15) is 17.5 Å². The van der Waals surface area contributed by atoms with E-state index < -0.39 is 17.8 Å². The number of alkyl halides is 3. The van der Waals surface area contributed by atoms with E-state index in [2.05, 4.69) is 30.8 Å². The summed E-state index contributed by atoms with van der Waals surface area (Å²) in [5.74, 6) is 1.26. The molecule has 35 heavy (non-hydrogen) atoms. The lowest BCUT2D eigenvalue weighted by molar-refractivity contribution is -0.138. The lowest BCUT2D eigenvalue weighted by Gasteiger charge is -2.33. The minimum absolute atomic E-state index is 0.112. The molecular weight excluding hydrogens is 461 g/mol. The number of anilines is 3. The van der Waals surface area contributed by atoms with Gasteiger partial charge in [-0.1, -0.05) is 6.07 Å². The molecule has 1 aromatic carbocycles. The minimum atomic E-state index is -4.51. The van der Waals surface area contributed by atoms with Crippen molar-refractivity contribution in [1.29, 1.82) is 0 Å². The van der Waals surface area contributed by atoms with Crippen LogP contribution >= 0.6 is 0 Å². The highest BCUT2D eigenvalue weighted by atomic mass is 19.4. The second-order valence-corrected chi connectivity index (χ2v) is 8.97. The summed E-state index contributed by atoms with van der Waals surface area (Å²) in [6.45, 7) is 4.57. The van der Waals surface area contributed by atoms with Gasteiger partial charge in [0.2, 0.25) is 5.95 Å². The van der Waals surface area contributed by atoms with E-state index in [0.717, 1.165) is 38.1 Å². The molecule has 2 aliphatic rings. The molecule has 1 aromatic heterocycles. The Morgan fingerprint density at radius 2 is 1.91 bits per heavy atom. The SMILES string of the molecule is CNc1nccc(N2CC[C@H](NC(=O)Nc3ccc(CN4CCN(C)CC4)c(C(F)(F)F)c3)C2)n1. The van der Waals surface area contributed by atoms with E-state index in [4.69, 9.17) is 0 Å². The van der Waals surface area contributed by atoms with Crippen LogP contribution in [0.25, 0.3) is 0 Å². The highest BCUT2D eigenvalue weighted by Crippen LogP contribution is 2.34. The number of hydrogen-bond donors (Lipinski definition) is 3. The minimum Gasteiger partial charge on any atom is -0.357 e. The van der Waals surface area contributed by atoms with Crippen LogP contribution in [0.15, 0.2) is 30.5 Å². The summed E-state index contributed by atoms with van der Waals surface area (Å²) in [6.07, 6.45) is -2.15. The Bertz CT molecular complexity index is 1030. The molecule has 4 rings (SSSR count). The first-order chi connectivity index (χ1) is 16.7. The lowest BCUT2D eigenvalue weighted by Crippen LogP contribution is -2.44. The molecule has 0 unspecified atom stereocenters. The van der Waals surface area contributed by atoms with E-state index in [1.807, 2.05) is 16.8 Å². The number of amides is 2. The quantitative estimate of drug-likeness (QED) is 0.572. The summed E-state index contributed by atoms with van der Waals surface area (Å²) in [4.78, 5) is 27.2. The second-order valence-electron chi connectivity index (χ2n) is 8.97. The Kier molecular flexibility index (Phi) is 7.60. The summed E-state index contributed by atoms with van der Waals surface area (Å²) < 4.78 is 41.4. The Morgan fingerprint density at radius 3 is 2.63 bits per heavy atom. The van der Waals surface area contributed by atoms with Crippen molar-refractivity contribution in [2.75, 3.05) is 68.9 Å². The smallest absolute Gasteiger partial charge is 0.357 e. The number of halogens is 3. The van der Waals surface area contributed by atoms with Gasteiger partial charge >= 0.3 is 12.2 Å². The van der Waals surface area contributed by atoms with Gasteiger partial charge in [0.25, 0.3) is 0 Å². The molecular formula is C23H31F3N8O. The van der Waals surface area contributed by atoms with Crippen LogP contribution in [-0.2, 0) is 12.7 Å². The van der Waals surface area contributed by atoms with E-state index in [1.54, 1.807) is 19.3 Å². The van der Waals surface area contributed by atoms with Gasteiger partial charge in [-0.2, -0.15) is 18.2 Å². The maximum Gasteiger partial charge on any atom is 0.416 e. The molecule has 1 atom stereocenters. The van der Waals surface area contributed by atoms with E-state index in [-0.39, 0.29) is 23.8 Å². The van der Waals surface area contributed by atoms with Crippen LogP contribution in [0.2, 0.25) is 0 Å². The predicted octanol–water partition coefficient (Wildman–Crippen LogP) is 2.68. The predicted molar refractivity (Wildman–Crippen MR) is 129 cm³/mol. The average Bonchev–Trinajstić information content (AvgIpc) is 3.29. The number of aromatic nitrogens is 2. The Balaban J connectivity index is 1.36. The number of rotatable bonds is 6. The molecule has 9 nitrogen and oxygen atoms in total. The summed E-state index contributed by atoms with van der Waals surface area (Å²) in [7, 11) is 3.74. The zero-order valence-corrected chi connectivity index (χ0v) is 19.9. The van der Waals surface area contributed by atoms with Gasteiger partial charge in [-0.3, -0.25) is 4.90 Å². The molecule has 2 aliphatic heterocycles. The maximum absolute atomic E-state index is 13.8. The van der Waals surface area contributed by atoms with Crippen molar-refractivity contribution in [3.8, 4) is 0 Å². The van der Waals surface area contributed by atoms with Gasteiger partial charge in [-0.25, -0.2) is 9.78 Å². The van der Waals surface area contributed by atoms with Gasteiger partial charge in [0, 0.05) is 70.8 Å². The number of nitrogens with zero attached hydrogens (tertiary/aromatic N) is 5. The van der Waals surface area contributed by atoms with Gasteiger partial charge in [0.1, 0.15) is 5.82 Å². The summed E-state index contributed by atoms with van der Waals surface area (Å²) >= 11 is 0. The van der Waals surface area contributed by atoms with Crippen molar-refractivity contribution < 1.29 is 18.0 Å². The first kappa shape index (κ1) is 25.0. The van der Waals surface area contributed by atoms with Gasteiger partial charge in [0.05, 0.1) is 5.56 Å². The number of hydrogen-bond acceptors (Lipinski definition) is 7. The molecule has 0 bridgehead atoms. The molecule has 2 fully saturated rings. The number of carbonyl (C=O) groups is 1. The molecule has 12 heteroatoms. The average molecular weight is 493 g/mol. The third-order valence-electron chi connectivity index (χ3n) is 6.37. The summed E-state index contributed by atoms with van der Waals surface area (Å²) in [5, 5.41) is 8.31. The van der Waals surface area contributed by atoms with E-state index in [9.17, 15) is 18.0 Å². The van der Waals surface area contributed by atoms with Crippen LogP contribution in [0.3, 0.4) is 0 Å². The van der Waals surface area contributed by atoms with E-state index >= 15 is 0 Å². The summed E-state index contributed by atoms with van der Waals surface area (Å²) in [6, 6.07) is 5.12. The van der Waals surface area contributed by atoms with Gasteiger partial charge in [-0.15, -0.1) is 0 Å². The Morgan fingerprint density at radius 1 is 1.14 bits per heavy atom. The second kappa shape index (κ2) is 10.6. The molecule has 0 aliphatic carbocycles. The molecule has 190 valence electrons. The molecule has 2 saturated heterocycles. The largest absolute Gasteiger partial charge is 0.416 e. The van der Waals surface area contributed by atoms with Gasteiger partial charge in [0.15, 0.2) is 0 Å². The van der Waals surface area contributed by atoms with Crippen LogP contribution in [0, 0.1) is 0 Å². The normalized spacial score (nSPS) is 19.6. The number of urea groups is 1. The van der Waals surface area contributed by atoms with E-state index in [0.29, 0.717) is 25.5 Å². The number of nitrogens with one attached hydrogen (secondary N) is 3. The van der Waals surface area contributed by atoms with Gasteiger partial charge in [-0.05, 0) is 37.2 Å². The monoisotopic (exact) mass is 492 g/mol. The first-order valence-electron chi connectivity index (χ1n) is 11.7. The molecule has 3 heterocycles. The third kappa shape index (κ3) is 6.51. The molecule has 0 saturated carbocycles. The topological polar surface area (TPSA) is 88.7 Å². The number of benzene rings is 1. The lowest BCUT2D eigenvalue weighted by atomic mass is 10.0. The number of likely N-dealkylation sites (N-methyl/N-ethyl adjacent to an activating group) is 1. The molecule has 0 spiro atoms. The standard InChI is InChI=1S/C23H31F3N8O/c1-27-21-28-7-5-20(31-21)34-8-6-18(15-34)30-22(35)29-17-4-3-16(19(13-17)23(24,25)26)14-33-11-9-32(2)10-12-33/h3-5,7,13,18H,6,8-12,14-15H2,1-2H3,(H,27,28,31)(H2,29,30,35)/t18-/m0/s1. The fourth-order valence-electron chi connectivity index (χ4n) is 4.39. The maximum atomic E-state index is 13.8. The zero-order valence-electron chi connectivity index (χ0n) is 19.9. The third-order valence-corrected chi connectivity index (χ3v) is 6.37. The highest BCUT2D eigenvalue weighted by Gasteiger charge is 2.34. The fourth-order valence-corrected chi connectivity index (χ4v) is 4.39. The van der Waals surface area contributed by atoms with Crippen molar-refractivity contribution in [3.05, 3.63) is 41.6 Å². The van der Waals surface area contributed by atoms with Crippen molar-refractivity contribution in [2.45, 2.75) is 25.2 Å². The number of carbonyl (C=O) groups excluding carboxylic acids is 1. The fraction of sp³-hybridized carbons (Fsp3) is 0.522. The zero-order chi connectivity index (χ0) is 25.0. The van der Waals surface area contributed by atoms with Crippen molar-refractivity contribution in [1.82, 2.24) is 25.1 Å². The summed E-state index contributed by atoms with van der Waals surface area (Å²) in [5.41, 5.74) is -0.392.